The average molecular weight is 220 g/mol. The maximum absolute atomic E-state index is 13.8. The van der Waals surface area contributed by atoms with Crippen molar-refractivity contribution in [2.45, 2.75) is 19.9 Å². The largest absolute Gasteiger partial charge is 0.365 e. The second kappa shape index (κ2) is 4.66. The predicted molar refractivity (Wildman–Crippen MR) is 64.9 cm³/mol. The molecule has 0 aromatic heterocycles. The monoisotopic (exact) mass is 220 g/mol. The van der Waals surface area contributed by atoms with E-state index < -0.39 is 0 Å². The molecule has 2 nitrogen and oxygen atoms in total. The molecule has 0 fully saturated rings. The molecule has 0 spiro atoms. The molecule has 3 heteroatoms. The normalized spacial score (nSPS) is 16.2. The third kappa shape index (κ3) is 2.25. The molecule has 0 bridgehead atoms. The van der Waals surface area contributed by atoms with E-state index in [0.29, 0.717) is 12.2 Å². The molecular weight excluding hydrogens is 203 g/mol. The molecule has 2 N–H and O–H groups in total. The number of halogens is 1. The maximum atomic E-state index is 13.8. The van der Waals surface area contributed by atoms with Gasteiger partial charge in [-0.15, -0.1) is 0 Å². The van der Waals surface area contributed by atoms with Gasteiger partial charge in [0.1, 0.15) is 5.82 Å². The van der Waals surface area contributed by atoms with Crippen LogP contribution in [0.1, 0.15) is 18.9 Å². The summed E-state index contributed by atoms with van der Waals surface area (Å²) in [6, 6.07) is 5.25. The third-order valence-electron chi connectivity index (χ3n) is 3.02. The summed E-state index contributed by atoms with van der Waals surface area (Å²) in [6.07, 6.45) is 3.16. The molecule has 1 aliphatic rings. The number of nitrogens with two attached hydrogens (primary N) is 1. The van der Waals surface area contributed by atoms with Crippen molar-refractivity contribution in [3.8, 4) is 0 Å². The van der Waals surface area contributed by atoms with Crippen LogP contribution in [-0.4, -0.2) is 13.1 Å². The van der Waals surface area contributed by atoms with Crippen LogP contribution < -0.4 is 10.6 Å². The number of nitrogens with zero attached hydrogens (tertiary/aromatic N) is 1. The molecular formula is C13H17FN2. The van der Waals surface area contributed by atoms with Crippen LogP contribution in [0.2, 0.25) is 0 Å². The van der Waals surface area contributed by atoms with E-state index in [-0.39, 0.29) is 5.82 Å². The summed E-state index contributed by atoms with van der Waals surface area (Å²) >= 11 is 0. The first kappa shape index (κ1) is 11.1. The van der Waals surface area contributed by atoms with Crippen LogP contribution in [0.15, 0.2) is 29.8 Å². The van der Waals surface area contributed by atoms with Gasteiger partial charge >= 0.3 is 0 Å². The SMILES string of the molecule is CC1=CCN(c2ccc(CN)cc2F)CC1. The first-order chi connectivity index (χ1) is 7.70. The lowest BCUT2D eigenvalue weighted by Crippen LogP contribution is -2.28. The Kier molecular flexibility index (Phi) is 3.25. The number of benzene rings is 1. The van der Waals surface area contributed by atoms with Gasteiger partial charge in [0.2, 0.25) is 0 Å². The van der Waals surface area contributed by atoms with Crippen molar-refractivity contribution in [1.82, 2.24) is 0 Å². The molecule has 1 heterocycles. The van der Waals surface area contributed by atoms with Crippen molar-refractivity contribution in [3.05, 3.63) is 41.2 Å². The second-order valence-electron chi connectivity index (χ2n) is 4.24. The Morgan fingerprint density at radius 1 is 1.44 bits per heavy atom. The van der Waals surface area contributed by atoms with Gasteiger partial charge in [-0.05, 0) is 31.0 Å². The molecule has 16 heavy (non-hydrogen) atoms. The van der Waals surface area contributed by atoms with Crippen LogP contribution >= 0.6 is 0 Å². The summed E-state index contributed by atoms with van der Waals surface area (Å²) in [7, 11) is 0. The van der Waals surface area contributed by atoms with E-state index in [2.05, 4.69) is 17.9 Å². The minimum atomic E-state index is -0.170. The smallest absolute Gasteiger partial charge is 0.146 e. The molecule has 0 unspecified atom stereocenters. The van der Waals surface area contributed by atoms with Gasteiger partial charge in [-0.3, -0.25) is 0 Å². The molecule has 0 aliphatic carbocycles. The van der Waals surface area contributed by atoms with Crippen molar-refractivity contribution >= 4 is 5.69 Å². The van der Waals surface area contributed by atoms with Gasteiger partial charge < -0.3 is 10.6 Å². The molecule has 0 amide bonds. The highest BCUT2D eigenvalue weighted by Crippen LogP contribution is 2.23. The van der Waals surface area contributed by atoms with Gasteiger partial charge in [0.25, 0.3) is 0 Å². The lowest BCUT2D eigenvalue weighted by molar-refractivity contribution is 0.615. The van der Waals surface area contributed by atoms with Crippen molar-refractivity contribution in [2.24, 2.45) is 5.73 Å². The molecule has 1 aromatic carbocycles. The summed E-state index contributed by atoms with van der Waals surface area (Å²) in [5.74, 6) is -0.170. The van der Waals surface area contributed by atoms with E-state index >= 15 is 0 Å². The fourth-order valence-corrected chi connectivity index (χ4v) is 1.92. The van der Waals surface area contributed by atoms with Crippen LogP contribution in [0, 0.1) is 5.82 Å². The van der Waals surface area contributed by atoms with Crippen molar-refractivity contribution < 1.29 is 4.39 Å². The molecule has 1 aliphatic heterocycles. The van der Waals surface area contributed by atoms with Gasteiger partial charge in [-0.25, -0.2) is 4.39 Å². The topological polar surface area (TPSA) is 29.3 Å². The summed E-state index contributed by atoms with van der Waals surface area (Å²) in [5.41, 5.74) is 8.38. The van der Waals surface area contributed by atoms with Gasteiger partial charge in [0.05, 0.1) is 5.69 Å². The highest BCUT2D eigenvalue weighted by Gasteiger charge is 2.13. The maximum Gasteiger partial charge on any atom is 0.146 e. The van der Waals surface area contributed by atoms with Crippen LogP contribution in [-0.2, 0) is 6.54 Å². The van der Waals surface area contributed by atoms with E-state index in [1.54, 1.807) is 0 Å². The minimum Gasteiger partial charge on any atom is -0.365 e. The zero-order valence-electron chi connectivity index (χ0n) is 9.54. The minimum absolute atomic E-state index is 0.170. The van der Waals surface area contributed by atoms with Gasteiger partial charge in [-0.1, -0.05) is 17.7 Å². The zero-order chi connectivity index (χ0) is 11.5. The number of hydrogen-bond acceptors (Lipinski definition) is 2. The molecule has 0 radical (unpaired) electrons. The Balaban J connectivity index is 2.21. The molecule has 1 aromatic rings. The highest BCUT2D eigenvalue weighted by atomic mass is 19.1. The molecule has 0 saturated carbocycles. The molecule has 0 saturated heterocycles. The number of hydrogen-bond donors (Lipinski definition) is 1. The Bertz CT molecular complexity index is 412. The van der Waals surface area contributed by atoms with Crippen molar-refractivity contribution in [3.63, 3.8) is 0 Å². The van der Waals surface area contributed by atoms with E-state index in [0.717, 1.165) is 25.1 Å². The average Bonchev–Trinajstić information content (AvgIpc) is 2.30. The van der Waals surface area contributed by atoms with E-state index in [4.69, 9.17) is 5.73 Å². The fourth-order valence-electron chi connectivity index (χ4n) is 1.92. The fraction of sp³-hybridized carbons (Fsp3) is 0.385. The summed E-state index contributed by atoms with van der Waals surface area (Å²) in [4.78, 5) is 2.06. The van der Waals surface area contributed by atoms with Crippen molar-refractivity contribution in [2.75, 3.05) is 18.0 Å². The first-order valence-corrected chi connectivity index (χ1v) is 5.60. The number of rotatable bonds is 2. The summed E-state index contributed by atoms with van der Waals surface area (Å²) < 4.78 is 13.8. The van der Waals surface area contributed by atoms with Crippen LogP contribution in [0.3, 0.4) is 0 Å². The first-order valence-electron chi connectivity index (χ1n) is 5.60. The van der Waals surface area contributed by atoms with Crippen molar-refractivity contribution in [1.29, 1.82) is 0 Å². The Morgan fingerprint density at radius 2 is 2.25 bits per heavy atom. The van der Waals surface area contributed by atoms with Gasteiger partial charge in [0, 0.05) is 19.6 Å². The number of anilines is 1. The van der Waals surface area contributed by atoms with Crippen LogP contribution in [0.25, 0.3) is 0 Å². The summed E-state index contributed by atoms with van der Waals surface area (Å²) in [5, 5.41) is 0. The summed E-state index contributed by atoms with van der Waals surface area (Å²) in [6.45, 7) is 4.19. The van der Waals surface area contributed by atoms with E-state index in [1.807, 2.05) is 12.1 Å². The third-order valence-corrected chi connectivity index (χ3v) is 3.02. The standard InChI is InChI=1S/C13H17FN2/c1-10-4-6-16(7-5-10)13-3-2-11(9-15)8-12(13)14/h2-4,8H,5-7,9,15H2,1H3. The zero-order valence-corrected chi connectivity index (χ0v) is 9.54. The quantitative estimate of drug-likeness (QED) is 0.776. The second-order valence-corrected chi connectivity index (χ2v) is 4.24. The highest BCUT2D eigenvalue weighted by molar-refractivity contribution is 5.50. The molecule has 2 rings (SSSR count). The lowest BCUT2D eigenvalue weighted by atomic mass is 10.1. The predicted octanol–water partition coefficient (Wildman–Crippen LogP) is 2.44. The molecule has 0 atom stereocenters. The van der Waals surface area contributed by atoms with Gasteiger partial charge in [0.15, 0.2) is 0 Å². The lowest BCUT2D eigenvalue weighted by Gasteiger charge is -2.28. The van der Waals surface area contributed by atoms with Crippen LogP contribution in [0.5, 0.6) is 0 Å². The molecule has 86 valence electrons. The van der Waals surface area contributed by atoms with Gasteiger partial charge in [-0.2, -0.15) is 0 Å². The Labute approximate surface area is 95.6 Å². The van der Waals surface area contributed by atoms with Crippen LogP contribution in [0.4, 0.5) is 10.1 Å². The van der Waals surface area contributed by atoms with E-state index in [9.17, 15) is 4.39 Å². The van der Waals surface area contributed by atoms with E-state index in [1.165, 1.54) is 11.6 Å². The Morgan fingerprint density at radius 3 is 2.81 bits per heavy atom. The Hall–Kier alpha value is -1.35.